The Labute approximate surface area is 253 Å². The van der Waals surface area contributed by atoms with Gasteiger partial charge >= 0.3 is 0 Å². The van der Waals surface area contributed by atoms with E-state index in [9.17, 15) is 22.4 Å². The van der Waals surface area contributed by atoms with Gasteiger partial charge in [-0.15, -0.1) is 0 Å². The van der Waals surface area contributed by atoms with Gasteiger partial charge in [0, 0.05) is 19.0 Å². The monoisotopic (exact) mass is 609 g/mol. The molecule has 1 fully saturated rings. The lowest BCUT2D eigenvalue weighted by molar-refractivity contribution is -0.140. The van der Waals surface area contributed by atoms with Gasteiger partial charge in [-0.2, -0.15) is 0 Å². The molecule has 0 radical (unpaired) electrons. The fourth-order valence-corrected chi connectivity index (χ4v) is 6.22. The number of benzene rings is 3. The van der Waals surface area contributed by atoms with Crippen LogP contribution in [0, 0.1) is 5.82 Å². The van der Waals surface area contributed by atoms with E-state index < -0.39 is 34.3 Å². The van der Waals surface area contributed by atoms with Crippen LogP contribution in [-0.4, -0.2) is 56.6 Å². The summed E-state index contributed by atoms with van der Waals surface area (Å²) in [4.78, 5) is 29.6. The zero-order valence-electron chi connectivity index (χ0n) is 24.7. The lowest BCUT2D eigenvalue weighted by Crippen LogP contribution is -2.55. The lowest BCUT2D eigenvalue weighted by Gasteiger charge is -2.35. The van der Waals surface area contributed by atoms with Gasteiger partial charge in [0.25, 0.3) is 0 Å². The highest BCUT2D eigenvalue weighted by Gasteiger charge is 2.34. The third kappa shape index (κ3) is 9.28. The molecule has 0 spiro atoms. The number of nitrogens with one attached hydrogen (secondary N) is 1. The van der Waals surface area contributed by atoms with E-state index in [0.29, 0.717) is 23.6 Å². The normalized spacial score (nSPS) is 14.5. The molecular weight excluding hydrogens is 569 g/mol. The highest BCUT2D eigenvalue weighted by Crippen LogP contribution is 2.24. The zero-order valence-corrected chi connectivity index (χ0v) is 25.6. The Morgan fingerprint density at radius 2 is 1.58 bits per heavy atom. The Balaban J connectivity index is 1.70. The van der Waals surface area contributed by atoms with Crippen molar-refractivity contribution < 1.29 is 27.1 Å². The molecule has 1 aliphatic carbocycles. The molecule has 0 unspecified atom stereocenters. The molecule has 1 saturated carbocycles. The van der Waals surface area contributed by atoms with Crippen molar-refractivity contribution >= 4 is 27.5 Å². The second-order valence-electron chi connectivity index (χ2n) is 10.9. The lowest BCUT2D eigenvalue weighted by atomic mass is 9.94. The highest BCUT2D eigenvalue weighted by atomic mass is 32.2. The molecule has 3 aromatic rings. The predicted octanol–water partition coefficient (Wildman–Crippen LogP) is 5.08. The van der Waals surface area contributed by atoms with E-state index in [1.165, 1.54) is 17.0 Å². The summed E-state index contributed by atoms with van der Waals surface area (Å²) in [7, 11) is -3.88. The second kappa shape index (κ2) is 15.0. The van der Waals surface area contributed by atoms with Gasteiger partial charge < -0.3 is 15.0 Å². The zero-order chi connectivity index (χ0) is 30.8. The van der Waals surface area contributed by atoms with Gasteiger partial charge in [-0.3, -0.25) is 13.9 Å². The number of carbonyl (C=O) groups excluding carboxylic acids is 2. The number of hydrogen-bond donors (Lipinski definition) is 1. The summed E-state index contributed by atoms with van der Waals surface area (Å²) in [6, 6.07) is 20.7. The Bertz CT molecular complexity index is 1440. The minimum Gasteiger partial charge on any atom is -0.494 e. The number of hydrogen-bond acceptors (Lipinski definition) is 5. The smallest absolute Gasteiger partial charge is 0.244 e. The minimum absolute atomic E-state index is 0.00438. The molecule has 230 valence electrons. The molecule has 1 aliphatic rings. The average molecular weight is 610 g/mol. The first-order chi connectivity index (χ1) is 20.6. The maximum atomic E-state index is 14.2. The summed E-state index contributed by atoms with van der Waals surface area (Å²) in [5, 5.41) is 3.16. The van der Waals surface area contributed by atoms with Crippen molar-refractivity contribution in [3.63, 3.8) is 0 Å². The van der Waals surface area contributed by atoms with Gasteiger partial charge in [0.05, 0.1) is 18.6 Å². The van der Waals surface area contributed by atoms with Crippen molar-refractivity contribution in [2.75, 3.05) is 23.7 Å². The molecule has 0 aliphatic heterocycles. The predicted molar refractivity (Wildman–Crippen MR) is 166 cm³/mol. The van der Waals surface area contributed by atoms with Crippen LogP contribution in [-0.2, 0) is 32.6 Å². The van der Waals surface area contributed by atoms with Crippen molar-refractivity contribution in [3.8, 4) is 5.75 Å². The Morgan fingerprint density at radius 1 is 0.930 bits per heavy atom. The van der Waals surface area contributed by atoms with Gasteiger partial charge in [-0.1, -0.05) is 61.7 Å². The Hall–Kier alpha value is -3.92. The number of ether oxygens (including phenoxy) is 1. The number of carbonyl (C=O) groups is 2. The van der Waals surface area contributed by atoms with Crippen LogP contribution in [0.5, 0.6) is 5.75 Å². The summed E-state index contributed by atoms with van der Waals surface area (Å²) < 4.78 is 46.2. The second-order valence-corrected chi connectivity index (χ2v) is 12.8. The molecule has 43 heavy (non-hydrogen) atoms. The van der Waals surface area contributed by atoms with Crippen LogP contribution in [0.25, 0.3) is 0 Å². The van der Waals surface area contributed by atoms with Crippen LogP contribution in [0.1, 0.15) is 50.2 Å². The van der Waals surface area contributed by atoms with E-state index in [1.807, 2.05) is 37.3 Å². The summed E-state index contributed by atoms with van der Waals surface area (Å²) in [6.07, 6.45) is 6.19. The Kier molecular flexibility index (Phi) is 11.2. The van der Waals surface area contributed by atoms with Gasteiger partial charge in [0.1, 0.15) is 24.2 Å². The molecular formula is C33H40FN3O5S. The van der Waals surface area contributed by atoms with Gasteiger partial charge in [0.2, 0.25) is 21.8 Å². The number of sulfonamides is 1. The summed E-state index contributed by atoms with van der Waals surface area (Å²) in [5.41, 5.74) is 1.77. The first kappa shape index (κ1) is 32.0. The van der Waals surface area contributed by atoms with Crippen LogP contribution in [0.2, 0.25) is 0 Å². The van der Waals surface area contributed by atoms with Crippen LogP contribution in [0.4, 0.5) is 10.1 Å². The fraction of sp³-hybridized carbons (Fsp3) is 0.394. The van der Waals surface area contributed by atoms with Crippen LogP contribution in [0.15, 0.2) is 78.9 Å². The van der Waals surface area contributed by atoms with E-state index in [-0.39, 0.29) is 24.9 Å². The summed E-state index contributed by atoms with van der Waals surface area (Å²) in [6.45, 7) is 1.78. The summed E-state index contributed by atoms with van der Waals surface area (Å²) in [5.74, 6) is -0.691. The third-order valence-corrected chi connectivity index (χ3v) is 8.74. The molecule has 3 aromatic carbocycles. The van der Waals surface area contributed by atoms with Gasteiger partial charge in [0.15, 0.2) is 0 Å². The van der Waals surface area contributed by atoms with Crippen molar-refractivity contribution in [2.24, 2.45) is 0 Å². The number of amides is 2. The number of anilines is 1. The van der Waals surface area contributed by atoms with Crippen LogP contribution in [0.3, 0.4) is 0 Å². The molecule has 0 heterocycles. The van der Waals surface area contributed by atoms with Crippen molar-refractivity contribution in [2.45, 2.75) is 64.1 Å². The first-order valence-corrected chi connectivity index (χ1v) is 16.6. The molecule has 0 saturated heterocycles. The molecule has 0 bridgehead atoms. The third-order valence-electron chi connectivity index (χ3n) is 7.60. The number of nitrogens with zero attached hydrogens (tertiary/aromatic N) is 2. The molecule has 1 N–H and O–H groups in total. The number of rotatable bonds is 13. The molecule has 4 rings (SSSR count). The first-order valence-electron chi connectivity index (χ1n) is 14.7. The van der Waals surface area contributed by atoms with Crippen LogP contribution < -0.4 is 14.4 Å². The maximum Gasteiger partial charge on any atom is 0.244 e. The quantitative estimate of drug-likeness (QED) is 0.292. The van der Waals surface area contributed by atoms with E-state index >= 15 is 0 Å². The van der Waals surface area contributed by atoms with E-state index in [0.717, 1.165) is 48.2 Å². The van der Waals surface area contributed by atoms with E-state index in [2.05, 4.69) is 5.32 Å². The van der Waals surface area contributed by atoms with Gasteiger partial charge in [-0.25, -0.2) is 12.8 Å². The standard InChI is InChI=1S/C33H40FN3O5S/c1-3-42-30-20-18-29(19-21-30)37(43(2,40)41)24-32(38)36(23-26-14-16-27(34)17-15-26)31(22-25-10-6-4-7-11-25)33(39)35-28-12-8-5-9-13-28/h4,6-7,10-11,14-21,28,31H,3,5,8-9,12-13,22-24H2,1-2H3,(H,35,39)/t31-/m1/s1. The molecule has 1 atom stereocenters. The largest absolute Gasteiger partial charge is 0.494 e. The number of halogens is 1. The Morgan fingerprint density at radius 3 is 2.19 bits per heavy atom. The fourth-order valence-electron chi connectivity index (χ4n) is 5.37. The molecule has 10 heteroatoms. The minimum atomic E-state index is -3.88. The topological polar surface area (TPSA) is 96.0 Å². The van der Waals surface area contributed by atoms with Crippen molar-refractivity contribution in [3.05, 3.63) is 95.8 Å². The average Bonchev–Trinajstić information content (AvgIpc) is 2.99. The van der Waals surface area contributed by atoms with Gasteiger partial charge in [-0.05, 0) is 67.3 Å². The molecule has 0 aromatic heterocycles. The molecule has 8 nitrogen and oxygen atoms in total. The summed E-state index contributed by atoms with van der Waals surface area (Å²) >= 11 is 0. The maximum absolute atomic E-state index is 14.2. The SMILES string of the molecule is CCOc1ccc(N(CC(=O)N(Cc2ccc(F)cc2)[C@H](Cc2ccccc2)C(=O)NC2CCCCC2)S(C)(=O)=O)cc1. The van der Waals surface area contributed by atoms with Crippen molar-refractivity contribution in [1.29, 1.82) is 0 Å². The van der Waals surface area contributed by atoms with Crippen LogP contribution >= 0.6 is 0 Å². The van der Waals surface area contributed by atoms with E-state index in [4.69, 9.17) is 4.74 Å². The van der Waals surface area contributed by atoms with E-state index in [1.54, 1.807) is 36.4 Å². The highest BCUT2D eigenvalue weighted by molar-refractivity contribution is 7.92. The molecule has 2 amide bonds. The van der Waals surface area contributed by atoms with Crippen molar-refractivity contribution in [1.82, 2.24) is 10.2 Å².